The summed E-state index contributed by atoms with van der Waals surface area (Å²) < 4.78 is 0. The number of carbonyl (C=O) groups is 2. The summed E-state index contributed by atoms with van der Waals surface area (Å²) in [6.07, 6.45) is 3.94. The number of thiol groups is 1. The van der Waals surface area contributed by atoms with E-state index in [2.05, 4.69) is 28.2 Å². The van der Waals surface area contributed by atoms with E-state index in [-0.39, 0.29) is 17.3 Å². The van der Waals surface area contributed by atoms with Crippen LogP contribution in [0.3, 0.4) is 0 Å². The Kier molecular flexibility index (Phi) is 8.90. The van der Waals surface area contributed by atoms with Gasteiger partial charge in [-0.1, -0.05) is 36.4 Å². The van der Waals surface area contributed by atoms with Crippen LogP contribution in [0.1, 0.15) is 34.3 Å². The SMILES string of the molecule is CSCC[C@H](NC(=O)c1cc(N(C)C2NCCC2S)ccc1Cc1ccccc1)C(=O)O. The third kappa shape index (κ3) is 6.21. The van der Waals surface area contributed by atoms with E-state index < -0.39 is 12.0 Å². The normalized spacial score (nSPS) is 18.8. The molecule has 1 aliphatic heterocycles. The molecule has 0 aliphatic carbocycles. The number of anilines is 1. The van der Waals surface area contributed by atoms with Crippen molar-refractivity contribution in [2.24, 2.45) is 0 Å². The molecule has 3 N–H and O–H groups in total. The molecular weight excluding hydrogens is 442 g/mol. The monoisotopic (exact) mass is 473 g/mol. The van der Waals surface area contributed by atoms with Crippen molar-refractivity contribution in [3.63, 3.8) is 0 Å². The van der Waals surface area contributed by atoms with Gasteiger partial charge in [-0.15, -0.1) is 0 Å². The van der Waals surface area contributed by atoms with Crippen LogP contribution in [0.25, 0.3) is 0 Å². The number of carboxylic acids is 1. The minimum absolute atomic E-state index is 0.0718. The summed E-state index contributed by atoms with van der Waals surface area (Å²) in [6.45, 7) is 0.901. The number of aliphatic carboxylic acids is 1. The summed E-state index contributed by atoms with van der Waals surface area (Å²) in [5.74, 6) is -0.715. The van der Waals surface area contributed by atoms with Crippen molar-refractivity contribution < 1.29 is 14.7 Å². The molecule has 172 valence electrons. The van der Waals surface area contributed by atoms with Gasteiger partial charge in [0.1, 0.15) is 6.04 Å². The predicted octanol–water partition coefficient (Wildman–Crippen LogP) is 3.27. The van der Waals surface area contributed by atoms with Gasteiger partial charge < -0.3 is 15.3 Å². The Balaban J connectivity index is 1.91. The molecule has 1 aliphatic rings. The maximum atomic E-state index is 13.3. The van der Waals surface area contributed by atoms with E-state index >= 15 is 0 Å². The average Bonchev–Trinajstić information content (AvgIpc) is 3.22. The van der Waals surface area contributed by atoms with Crippen molar-refractivity contribution >= 4 is 42.0 Å². The molecule has 0 aromatic heterocycles. The minimum Gasteiger partial charge on any atom is -0.480 e. The lowest BCUT2D eigenvalue weighted by molar-refractivity contribution is -0.139. The predicted molar refractivity (Wildman–Crippen MR) is 135 cm³/mol. The van der Waals surface area contributed by atoms with Gasteiger partial charge in [-0.05, 0) is 61.1 Å². The van der Waals surface area contributed by atoms with Crippen molar-refractivity contribution in [3.8, 4) is 0 Å². The first-order valence-corrected chi connectivity index (χ1v) is 12.7. The number of nitrogens with zero attached hydrogens (tertiary/aromatic N) is 1. The molecule has 1 heterocycles. The Labute approximate surface area is 199 Å². The Morgan fingerprint density at radius 1 is 1.28 bits per heavy atom. The molecule has 32 heavy (non-hydrogen) atoms. The molecule has 1 saturated heterocycles. The van der Waals surface area contributed by atoms with Crippen LogP contribution < -0.4 is 15.5 Å². The Morgan fingerprint density at radius 3 is 2.66 bits per heavy atom. The molecule has 1 fully saturated rings. The highest BCUT2D eigenvalue weighted by Crippen LogP contribution is 2.26. The highest BCUT2D eigenvalue weighted by atomic mass is 32.2. The molecule has 0 saturated carbocycles. The molecule has 0 bridgehead atoms. The van der Waals surface area contributed by atoms with E-state index in [0.29, 0.717) is 24.2 Å². The second-order valence-electron chi connectivity index (χ2n) is 8.02. The smallest absolute Gasteiger partial charge is 0.326 e. The first-order chi connectivity index (χ1) is 15.4. The second-order valence-corrected chi connectivity index (χ2v) is 9.66. The molecule has 2 aromatic rings. The van der Waals surface area contributed by atoms with Crippen molar-refractivity contribution in [3.05, 3.63) is 65.2 Å². The molecule has 0 radical (unpaired) electrons. The van der Waals surface area contributed by atoms with Crippen LogP contribution in [0.4, 0.5) is 5.69 Å². The number of amides is 1. The number of thioether (sulfide) groups is 1. The largest absolute Gasteiger partial charge is 0.480 e. The Hall–Kier alpha value is -2.16. The van der Waals surface area contributed by atoms with Crippen molar-refractivity contribution in [2.45, 2.75) is 36.7 Å². The summed E-state index contributed by atoms with van der Waals surface area (Å²) in [7, 11) is 1.98. The number of rotatable bonds is 10. The van der Waals surface area contributed by atoms with Gasteiger partial charge >= 0.3 is 5.97 Å². The number of nitrogens with one attached hydrogen (secondary N) is 2. The van der Waals surface area contributed by atoms with Gasteiger partial charge in [-0.25, -0.2) is 4.79 Å². The van der Waals surface area contributed by atoms with Gasteiger partial charge in [-0.3, -0.25) is 10.1 Å². The molecule has 2 aromatic carbocycles. The van der Waals surface area contributed by atoms with E-state index in [1.807, 2.05) is 61.8 Å². The highest BCUT2D eigenvalue weighted by molar-refractivity contribution is 7.98. The fourth-order valence-electron chi connectivity index (χ4n) is 3.92. The van der Waals surface area contributed by atoms with Crippen molar-refractivity contribution in [2.75, 3.05) is 30.5 Å². The number of carboxylic acid groups (broad SMARTS) is 1. The van der Waals surface area contributed by atoms with Gasteiger partial charge in [0.2, 0.25) is 0 Å². The number of hydrogen-bond donors (Lipinski definition) is 4. The summed E-state index contributed by atoms with van der Waals surface area (Å²) >= 11 is 6.24. The Bertz CT molecular complexity index is 926. The second kappa shape index (κ2) is 11.6. The zero-order chi connectivity index (χ0) is 23.1. The molecule has 0 spiro atoms. The first kappa shape index (κ1) is 24.5. The average molecular weight is 474 g/mol. The number of hydrogen-bond acceptors (Lipinski definition) is 6. The molecule has 8 heteroatoms. The molecule has 2 unspecified atom stereocenters. The van der Waals surface area contributed by atoms with E-state index in [4.69, 9.17) is 0 Å². The van der Waals surface area contributed by atoms with Gasteiger partial charge in [-0.2, -0.15) is 24.4 Å². The summed E-state index contributed by atoms with van der Waals surface area (Å²) in [5, 5.41) is 15.9. The van der Waals surface area contributed by atoms with E-state index in [1.54, 1.807) is 11.8 Å². The number of benzene rings is 2. The van der Waals surface area contributed by atoms with Crippen LogP contribution in [0, 0.1) is 0 Å². The first-order valence-electron chi connectivity index (χ1n) is 10.7. The van der Waals surface area contributed by atoms with E-state index in [9.17, 15) is 14.7 Å². The van der Waals surface area contributed by atoms with Crippen molar-refractivity contribution in [1.82, 2.24) is 10.6 Å². The fraction of sp³-hybridized carbons (Fsp3) is 0.417. The van der Waals surface area contributed by atoms with Crippen LogP contribution in [-0.2, 0) is 11.2 Å². The highest BCUT2D eigenvalue weighted by Gasteiger charge is 2.28. The minimum atomic E-state index is -1.02. The standard InChI is InChI=1S/C24H31N3O3S2/c1-27(22-21(31)10-12-25-22)18-9-8-17(14-16-6-4-3-5-7-16)19(15-18)23(28)26-20(24(29)30)11-13-32-2/h3-9,15,20-22,25,31H,10-14H2,1-2H3,(H,26,28)(H,29,30)/t20-,21?,22?/m0/s1. The third-order valence-corrected chi connectivity index (χ3v) is 6.96. The van der Waals surface area contributed by atoms with Gasteiger partial charge in [0.25, 0.3) is 5.91 Å². The lowest BCUT2D eigenvalue weighted by Gasteiger charge is -2.30. The third-order valence-electron chi connectivity index (χ3n) is 5.77. The lowest BCUT2D eigenvalue weighted by Crippen LogP contribution is -2.44. The fourth-order valence-corrected chi connectivity index (χ4v) is 4.83. The molecular formula is C24H31N3O3S2. The lowest BCUT2D eigenvalue weighted by atomic mass is 9.98. The van der Waals surface area contributed by atoms with Gasteiger partial charge in [0.15, 0.2) is 0 Å². The molecule has 1 amide bonds. The molecule has 3 atom stereocenters. The van der Waals surface area contributed by atoms with E-state index in [1.165, 1.54) is 0 Å². The zero-order valence-electron chi connectivity index (χ0n) is 18.5. The summed E-state index contributed by atoms with van der Waals surface area (Å²) in [4.78, 5) is 27.0. The maximum Gasteiger partial charge on any atom is 0.326 e. The molecule has 6 nitrogen and oxygen atoms in total. The zero-order valence-corrected chi connectivity index (χ0v) is 20.2. The van der Waals surface area contributed by atoms with Gasteiger partial charge in [0.05, 0.1) is 6.17 Å². The summed E-state index contributed by atoms with van der Waals surface area (Å²) in [6, 6.07) is 14.9. The quantitative estimate of drug-likeness (QED) is 0.397. The van der Waals surface area contributed by atoms with Crippen LogP contribution in [-0.4, -0.2) is 60.0 Å². The van der Waals surface area contributed by atoms with Crippen LogP contribution in [0.15, 0.2) is 48.5 Å². The molecule has 3 rings (SSSR count). The summed E-state index contributed by atoms with van der Waals surface area (Å²) in [5.41, 5.74) is 3.35. The van der Waals surface area contributed by atoms with Crippen LogP contribution in [0.2, 0.25) is 0 Å². The van der Waals surface area contributed by atoms with Crippen LogP contribution in [0.5, 0.6) is 0 Å². The van der Waals surface area contributed by atoms with Crippen molar-refractivity contribution in [1.29, 1.82) is 0 Å². The maximum absolute atomic E-state index is 13.3. The number of carbonyl (C=O) groups excluding carboxylic acids is 1. The van der Waals surface area contributed by atoms with Crippen LogP contribution >= 0.6 is 24.4 Å². The topological polar surface area (TPSA) is 81.7 Å². The Morgan fingerprint density at radius 2 is 2.03 bits per heavy atom. The van der Waals surface area contributed by atoms with Gasteiger partial charge in [0, 0.05) is 23.5 Å². The van der Waals surface area contributed by atoms with E-state index in [0.717, 1.165) is 29.8 Å².